The summed E-state index contributed by atoms with van der Waals surface area (Å²) in [5.74, 6) is 1.53. The van der Waals surface area contributed by atoms with Gasteiger partial charge in [0.25, 0.3) is 0 Å². The van der Waals surface area contributed by atoms with E-state index in [2.05, 4.69) is 37.6 Å². The van der Waals surface area contributed by atoms with Crippen molar-refractivity contribution in [1.82, 2.24) is 4.98 Å². The van der Waals surface area contributed by atoms with Gasteiger partial charge in [-0.1, -0.05) is 26.1 Å². The summed E-state index contributed by atoms with van der Waals surface area (Å²) in [4.78, 5) is 7.10. The van der Waals surface area contributed by atoms with Gasteiger partial charge < -0.3 is 10.6 Å². The highest BCUT2D eigenvalue weighted by Gasteiger charge is 2.14. The third-order valence-electron chi connectivity index (χ3n) is 2.51. The second-order valence-corrected chi connectivity index (χ2v) is 5.35. The maximum atomic E-state index is 5.65. The van der Waals surface area contributed by atoms with Gasteiger partial charge in [-0.25, -0.2) is 4.98 Å². The largest absolute Gasteiger partial charge is 0.389 e. The molecule has 0 aromatic carbocycles. The van der Waals surface area contributed by atoms with E-state index >= 15 is 0 Å². The summed E-state index contributed by atoms with van der Waals surface area (Å²) in [6.07, 6.45) is 1.76. The zero-order valence-electron chi connectivity index (χ0n) is 11.0. The maximum absolute atomic E-state index is 5.65. The van der Waals surface area contributed by atoms with Crippen molar-refractivity contribution < 1.29 is 0 Å². The Balaban J connectivity index is 3.01. The molecule has 94 valence electrons. The summed E-state index contributed by atoms with van der Waals surface area (Å²) in [6, 6.07) is 4.22. The van der Waals surface area contributed by atoms with E-state index in [4.69, 9.17) is 18.0 Å². The first-order valence-electron chi connectivity index (χ1n) is 5.94. The molecule has 0 unspecified atom stereocenters. The van der Waals surface area contributed by atoms with Gasteiger partial charge >= 0.3 is 0 Å². The molecule has 0 bridgehead atoms. The van der Waals surface area contributed by atoms with Crippen molar-refractivity contribution in [3.05, 3.63) is 23.9 Å². The molecule has 0 atom stereocenters. The van der Waals surface area contributed by atoms with Gasteiger partial charge in [-0.3, -0.25) is 0 Å². The summed E-state index contributed by atoms with van der Waals surface area (Å²) >= 11 is 4.99. The van der Waals surface area contributed by atoms with Crippen molar-refractivity contribution in [2.45, 2.75) is 33.7 Å². The van der Waals surface area contributed by atoms with E-state index in [1.807, 2.05) is 12.1 Å². The lowest BCUT2D eigenvalue weighted by molar-refractivity contribution is 0.566. The molecule has 1 heterocycles. The van der Waals surface area contributed by atoms with E-state index in [0.29, 0.717) is 16.9 Å². The molecule has 17 heavy (non-hydrogen) atoms. The number of thiocarbonyl (C=S) groups is 1. The summed E-state index contributed by atoms with van der Waals surface area (Å²) in [5, 5.41) is 0. The van der Waals surface area contributed by atoms with Gasteiger partial charge in [0.15, 0.2) is 0 Å². The van der Waals surface area contributed by atoms with Crippen LogP contribution in [0.1, 0.15) is 33.3 Å². The third-order valence-corrected chi connectivity index (χ3v) is 2.75. The van der Waals surface area contributed by atoms with Crippen LogP contribution >= 0.6 is 12.2 Å². The number of hydrogen-bond acceptors (Lipinski definition) is 3. The van der Waals surface area contributed by atoms with Crippen LogP contribution in [0, 0.1) is 5.92 Å². The van der Waals surface area contributed by atoms with E-state index in [1.165, 1.54) is 0 Å². The molecule has 2 N–H and O–H groups in total. The quantitative estimate of drug-likeness (QED) is 0.817. The minimum atomic E-state index is 0.409. The van der Waals surface area contributed by atoms with Gasteiger partial charge in [-0.05, 0) is 31.9 Å². The summed E-state index contributed by atoms with van der Waals surface area (Å²) < 4.78 is 0. The first-order chi connectivity index (χ1) is 7.91. The van der Waals surface area contributed by atoms with Gasteiger partial charge in [0, 0.05) is 24.3 Å². The minimum Gasteiger partial charge on any atom is -0.389 e. The van der Waals surface area contributed by atoms with Gasteiger partial charge in [-0.2, -0.15) is 0 Å². The zero-order valence-corrected chi connectivity index (χ0v) is 11.8. The lowest BCUT2D eigenvalue weighted by Crippen LogP contribution is -2.35. The average molecular weight is 251 g/mol. The van der Waals surface area contributed by atoms with Gasteiger partial charge in [-0.15, -0.1) is 0 Å². The van der Waals surface area contributed by atoms with Crippen LogP contribution in [0.4, 0.5) is 5.82 Å². The Morgan fingerprint density at radius 3 is 2.53 bits per heavy atom. The first-order valence-corrected chi connectivity index (χ1v) is 6.35. The second-order valence-electron chi connectivity index (χ2n) is 4.91. The molecule has 1 rings (SSSR count). The molecule has 0 spiro atoms. The lowest BCUT2D eigenvalue weighted by atomic mass is 10.1. The van der Waals surface area contributed by atoms with Crippen LogP contribution in [0.15, 0.2) is 18.3 Å². The Hall–Kier alpha value is -1.16. The van der Waals surface area contributed by atoms with E-state index in [0.717, 1.165) is 17.9 Å². The summed E-state index contributed by atoms with van der Waals surface area (Å²) in [5.41, 5.74) is 6.52. The van der Waals surface area contributed by atoms with Gasteiger partial charge in [0.2, 0.25) is 0 Å². The van der Waals surface area contributed by atoms with Gasteiger partial charge in [0.05, 0.1) is 0 Å². The Morgan fingerprint density at radius 1 is 1.41 bits per heavy atom. The fourth-order valence-corrected chi connectivity index (χ4v) is 1.82. The molecular formula is C13H21N3S. The zero-order chi connectivity index (χ0) is 13.0. The maximum Gasteiger partial charge on any atom is 0.129 e. The average Bonchev–Trinajstić information content (AvgIpc) is 2.25. The van der Waals surface area contributed by atoms with Crippen LogP contribution in [0.2, 0.25) is 0 Å². The Morgan fingerprint density at radius 2 is 2.06 bits per heavy atom. The summed E-state index contributed by atoms with van der Waals surface area (Å²) in [6.45, 7) is 9.71. The van der Waals surface area contributed by atoms with E-state index in [-0.39, 0.29) is 0 Å². The molecular weight excluding hydrogens is 230 g/mol. The number of anilines is 1. The number of rotatable bonds is 5. The van der Waals surface area contributed by atoms with Crippen LogP contribution in [0.3, 0.4) is 0 Å². The number of nitrogens with zero attached hydrogens (tertiary/aromatic N) is 2. The topological polar surface area (TPSA) is 42.1 Å². The third kappa shape index (κ3) is 3.97. The molecule has 0 saturated heterocycles. The van der Waals surface area contributed by atoms with E-state index in [9.17, 15) is 0 Å². The molecule has 3 nitrogen and oxygen atoms in total. The normalized spacial score (nSPS) is 10.9. The van der Waals surface area contributed by atoms with E-state index in [1.54, 1.807) is 6.20 Å². The molecule has 4 heteroatoms. The molecule has 0 saturated carbocycles. The van der Waals surface area contributed by atoms with Crippen LogP contribution in [0.5, 0.6) is 0 Å². The number of aromatic nitrogens is 1. The van der Waals surface area contributed by atoms with Crippen molar-refractivity contribution >= 4 is 23.0 Å². The lowest BCUT2D eigenvalue weighted by Gasteiger charge is -2.29. The van der Waals surface area contributed by atoms with Crippen LogP contribution in [-0.2, 0) is 0 Å². The monoisotopic (exact) mass is 251 g/mol. The number of nitrogens with two attached hydrogens (primary N) is 1. The smallest absolute Gasteiger partial charge is 0.129 e. The van der Waals surface area contributed by atoms with Crippen molar-refractivity contribution in [3.8, 4) is 0 Å². The van der Waals surface area contributed by atoms with Gasteiger partial charge in [0.1, 0.15) is 10.8 Å². The van der Waals surface area contributed by atoms with Crippen LogP contribution in [0.25, 0.3) is 0 Å². The van der Waals surface area contributed by atoms with Crippen molar-refractivity contribution in [2.75, 3.05) is 11.4 Å². The van der Waals surface area contributed by atoms with Crippen molar-refractivity contribution in [2.24, 2.45) is 11.7 Å². The highest BCUT2D eigenvalue weighted by molar-refractivity contribution is 7.80. The van der Waals surface area contributed by atoms with E-state index < -0.39 is 0 Å². The Kier molecular flexibility index (Phi) is 4.87. The molecule has 0 amide bonds. The Bertz CT molecular complexity index is 388. The standard InChI is InChI=1S/C13H21N3S/c1-9(2)8-16(10(3)4)12-7-11(13(14)17)5-6-15-12/h5-7,9-10H,8H2,1-4H3,(H2,14,17). The van der Waals surface area contributed by atoms with Crippen LogP contribution in [-0.4, -0.2) is 22.6 Å². The fraction of sp³-hybridized carbons (Fsp3) is 0.538. The molecule has 1 aromatic heterocycles. The molecule has 0 aliphatic carbocycles. The predicted molar refractivity (Wildman–Crippen MR) is 77.4 cm³/mol. The van der Waals surface area contributed by atoms with Crippen molar-refractivity contribution in [3.63, 3.8) is 0 Å². The Labute approximate surface area is 109 Å². The molecule has 0 radical (unpaired) electrons. The number of pyridine rings is 1. The van der Waals surface area contributed by atoms with Crippen molar-refractivity contribution in [1.29, 1.82) is 0 Å². The fourth-order valence-electron chi connectivity index (χ4n) is 1.69. The number of hydrogen-bond donors (Lipinski definition) is 1. The molecule has 0 fully saturated rings. The first kappa shape index (κ1) is 13.9. The molecule has 0 aliphatic heterocycles. The minimum absolute atomic E-state index is 0.409. The molecule has 1 aromatic rings. The van der Waals surface area contributed by atoms with Crippen LogP contribution < -0.4 is 10.6 Å². The molecule has 0 aliphatic rings. The highest BCUT2D eigenvalue weighted by atomic mass is 32.1. The SMILES string of the molecule is CC(C)CN(c1cc(C(N)=S)ccn1)C(C)C. The predicted octanol–water partition coefficient (Wildman–Crippen LogP) is 2.59. The highest BCUT2D eigenvalue weighted by Crippen LogP contribution is 2.17. The summed E-state index contributed by atoms with van der Waals surface area (Å²) in [7, 11) is 0. The second kappa shape index (κ2) is 5.96.